The molecule has 2 unspecified atom stereocenters. The highest BCUT2D eigenvalue weighted by Gasteiger charge is 2.39. The maximum atomic E-state index is 12.2. The number of urea groups is 1. The molecular formula is C13H21N3O4. The molecule has 1 aliphatic carbocycles. The van der Waals surface area contributed by atoms with Crippen LogP contribution < -0.4 is 5.32 Å². The van der Waals surface area contributed by atoms with Crippen molar-refractivity contribution in [3.63, 3.8) is 0 Å². The standard InChI is InChI=1S/C13H21N3O4/c1-8-10(12(18)19)5-6-16(8)13(20)15(2)7-11(17)14-9-3-4-9/h8-10H,3-7H2,1-2H3,(H,14,17)(H,18,19). The van der Waals surface area contributed by atoms with Gasteiger partial charge >= 0.3 is 12.0 Å². The van der Waals surface area contributed by atoms with Gasteiger partial charge in [-0.15, -0.1) is 0 Å². The van der Waals surface area contributed by atoms with Crippen LogP contribution in [-0.2, 0) is 9.59 Å². The van der Waals surface area contributed by atoms with Crippen molar-refractivity contribution in [2.45, 2.75) is 38.3 Å². The predicted molar refractivity (Wildman–Crippen MR) is 71.1 cm³/mol. The number of rotatable bonds is 4. The highest BCUT2D eigenvalue weighted by atomic mass is 16.4. The van der Waals surface area contributed by atoms with Crippen LogP contribution >= 0.6 is 0 Å². The summed E-state index contributed by atoms with van der Waals surface area (Å²) < 4.78 is 0. The first-order valence-corrected chi connectivity index (χ1v) is 6.94. The lowest BCUT2D eigenvalue weighted by molar-refractivity contribution is -0.142. The van der Waals surface area contributed by atoms with Gasteiger partial charge in [-0.3, -0.25) is 9.59 Å². The van der Waals surface area contributed by atoms with Gasteiger partial charge in [0.05, 0.1) is 5.92 Å². The van der Waals surface area contributed by atoms with Crippen LogP contribution in [0.1, 0.15) is 26.2 Å². The number of carbonyl (C=O) groups excluding carboxylic acids is 2. The second-order valence-electron chi connectivity index (χ2n) is 5.65. The minimum atomic E-state index is -0.873. The molecule has 20 heavy (non-hydrogen) atoms. The quantitative estimate of drug-likeness (QED) is 0.766. The minimum absolute atomic E-state index is 0.0102. The number of aliphatic carboxylic acids is 1. The number of amides is 3. The molecule has 2 aliphatic rings. The van der Waals surface area contributed by atoms with Crippen molar-refractivity contribution in [1.29, 1.82) is 0 Å². The van der Waals surface area contributed by atoms with Crippen molar-refractivity contribution in [3.8, 4) is 0 Å². The van der Waals surface area contributed by atoms with Crippen molar-refractivity contribution in [3.05, 3.63) is 0 Å². The number of likely N-dealkylation sites (N-methyl/N-ethyl adjacent to an activating group) is 1. The summed E-state index contributed by atoms with van der Waals surface area (Å²) in [6.07, 6.45) is 2.48. The fourth-order valence-corrected chi connectivity index (χ4v) is 2.54. The Hall–Kier alpha value is -1.79. The van der Waals surface area contributed by atoms with Crippen LogP contribution in [0.5, 0.6) is 0 Å². The van der Waals surface area contributed by atoms with Crippen molar-refractivity contribution in [1.82, 2.24) is 15.1 Å². The third kappa shape index (κ3) is 3.20. The van der Waals surface area contributed by atoms with Gasteiger partial charge in [-0.25, -0.2) is 4.79 Å². The molecular weight excluding hydrogens is 262 g/mol. The Bertz CT molecular complexity index is 422. The zero-order valence-electron chi connectivity index (χ0n) is 11.8. The number of carboxylic acid groups (broad SMARTS) is 1. The first kappa shape index (κ1) is 14.6. The molecule has 7 nitrogen and oxygen atoms in total. The van der Waals surface area contributed by atoms with Crippen LogP contribution in [0.4, 0.5) is 4.79 Å². The summed E-state index contributed by atoms with van der Waals surface area (Å²) in [5.41, 5.74) is 0. The van der Waals surface area contributed by atoms with Crippen LogP contribution in [0.15, 0.2) is 0 Å². The van der Waals surface area contributed by atoms with Gasteiger partial charge in [0.15, 0.2) is 0 Å². The van der Waals surface area contributed by atoms with Crippen LogP contribution in [0.25, 0.3) is 0 Å². The number of nitrogens with one attached hydrogen (secondary N) is 1. The smallest absolute Gasteiger partial charge is 0.320 e. The molecule has 3 amide bonds. The Kier molecular flexibility index (Phi) is 4.15. The van der Waals surface area contributed by atoms with E-state index in [2.05, 4.69) is 5.32 Å². The number of hydrogen-bond acceptors (Lipinski definition) is 3. The normalized spacial score (nSPS) is 25.4. The van der Waals surface area contributed by atoms with E-state index < -0.39 is 11.9 Å². The number of carbonyl (C=O) groups is 3. The lowest BCUT2D eigenvalue weighted by Crippen LogP contribution is -2.48. The van der Waals surface area contributed by atoms with E-state index in [4.69, 9.17) is 5.11 Å². The van der Waals surface area contributed by atoms with Crippen LogP contribution in [-0.4, -0.2) is 65.0 Å². The van der Waals surface area contributed by atoms with Gasteiger partial charge in [-0.05, 0) is 26.2 Å². The summed E-state index contributed by atoms with van der Waals surface area (Å²) >= 11 is 0. The van der Waals surface area contributed by atoms with Crippen LogP contribution in [0.2, 0.25) is 0 Å². The SMILES string of the molecule is CC1C(C(=O)O)CCN1C(=O)N(C)CC(=O)NC1CC1. The molecule has 112 valence electrons. The van der Waals surface area contributed by atoms with E-state index in [0.717, 1.165) is 12.8 Å². The Morgan fingerprint density at radius 1 is 1.30 bits per heavy atom. The van der Waals surface area contributed by atoms with Gasteiger partial charge in [-0.1, -0.05) is 0 Å². The molecule has 0 aromatic heterocycles. The number of hydrogen-bond donors (Lipinski definition) is 2. The van der Waals surface area contributed by atoms with E-state index in [0.29, 0.717) is 13.0 Å². The first-order chi connectivity index (χ1) is 9.40. The van der Waals surface area contributed by atoms with E-state index in [1.54, 1.807) is 14.0 Å². The van der Waals surface area contributed by atoms with Crippen molar-refractivity contribution in [2.24, 2.45) is 5.92 Å². The maximum Gasteiger partial charge on any atom is 0.320 e. The van der Waals surface area contributed by atoms with Crippen LogP contribution in [0.3, 0.4) is 0 Å². The summed E-state index contributed by atoms with van der Waals surface area (Å²) in [4.78, 5) is 37.8. The Morgan fingerprint density at radius 3 is 2.45 bits per heavy atom. The van der Waals surface area contributed by atoms with Gasteiger partial charge in [-0.2, -0.15) is 0 Å². The number of carboxylic acids is 1. The molecule has 0 bridgehead atoms. The molecule has 7 heteroatoms. The summed E-state index contributed by atoms with van der Waals surface area (Å²) in [7, 11) is 1.57. The lowest BCUT2D eigenvalue weighted by Gasteiger charge is -2.28. The molecule has 0 spiro atoms. The molecule has 2 rings (SSSR count). The fourth-order valence-electron chi connectivity index (χ4n) is 2.54. The molecule has 1 heterocycles. The van der Waals surface area contributed by atoms with E-state index >= 15 is 0 Å². The number of nitrogens with zero attached hydrogens (tertiary/aromatic N) is 2. The van der Waals surface area contributed by atoms with Crippen molar-refractivity contribution < 1.29 is 19.5 Å². The van der Waals surface area contributed by atoms with Gasteiger partial charge in [0, 0.05) is 25.7 Å². The second kappa shape index (κ2) is 5.68. The largest absolute Gasteiger partial charge is 0.481 e. The van der Waals surface area contributed by atoms with Gasteiger partial charge in [0.1, 0.15) is 6.54 Å². The monoisotopic (exact) mass is 283 g/mol. The molecule has 0 radical (unpaired) electrons. The predicted octanol–water partition coefficient (Wildman–Crippen LogP) is 0.112. The molecule has 0 aromatic rings. The minimum Gasteiger partial charge on any atom is -0.481 e. The Labute approximate surface area is 117 Å². The van der Waals surface area contributed by atoms with Gasteiger partial charge in [0.2, 0.25) is 5.91 Å². The first-order valence-electron chi connectivity index (χ1n) is 6.94. The third-order valence-electron chi connectivity index (χ3n) is 3.97. The Morgan fingerprint density at radius 2 is 1.95 bits per heavy atom. The highest BCUT2D eigenvalue weighted by molar-refractivity contribution is 5.85. The average molecular weight is 283 g/mol. The van der Waals surface area contributed by atoms with Gasteiger partial charge < -0.3 is 20.2 Å². The molecule has 1 saturated heterocycles. The zero-order valence-corrected chi connectivity index (χ0v) is 11.8. The fraction of sp³-hybridized carbons (Fsp3) is 0.769. The molecule has 2 N–H and O–H groups in total. The van der Waals surface area contributed by atoms with Crippen molar-refractivity contribution in [2.75, 3.05) is 20.1 Å². The van der Waals surface area contributed by atoms with E-state index in [-0.39, 0.29) is 30.6 Å². The summed E-state index contributed by atoms with van der Waals surface area (Å²) in [5, 5.41) is 11.9. The third-order valence-corrected chi connectivity index (χ3v) is 3.97. The lowest BCUT2D eigenvalue weighted by atomic mass is 10.0. The maximum absolute atomic E-state index is 12.2. The topological polar surface area (TPSA) is 90.0 Å². The molecule has 0 aromatic carbocycles. The van der Waals surface area contributed by atoms with E-state index in [9.17, 15) is 14.4 Å². The summed E-state index contributed by atoms with van der Waals surface area (Å²) in [6, 6.07) is -0.353. The Balaban J connectivity index is 1.86. The average Bonchev–Trinajstić information content (AvgIpc) is 3.08. The van der Waals surface area contributed by atoms with E-state index in [1.807, 2.05) is 0 Å². The van der Waals surface area contributed by atoms with E-state index in [1.165, 1.54) is 9.80 Å². The molecule has 1 aliphatic heterocycles. The van der Waals surface area contributed by atoms with Gasteiger partial charge in [0.25, 0.3) is 0 Å². The second-order valence-corrected chi connectivity index (χ2v) is 5.65. The summed E-state index contributed by atoms with van der Waals surface area (Å²) in [5.74, 6) is -1.56. The molecule has 2 fully saturated rings. The molecule has 1 saturated carbocycles. The zero-order chi connectivity index (χ0) is 14.9. The van der Waals surface area contributed by atoms with Crippen LogP contribution in [0, 0.1) is 5.92 Å². The van der Waals surface area contributed by atoms with Crippen molar-refractivity contribution >= 4 is 17.9 Å². The highest BCUT2D eigenvalue weighted by Crippen LogP contribution is 2.25. The number of likely N-dealkylation sites (tertiary alicyclic amines) is 1. The molecule has 2 atom stereocenters. The summed E-state index contributed by atoms with van der Waals surface area (Å²) in [6.45, 7) is 2.17.